The standard InChI is InChI=1S/C18H27N5O2/c1-13-17(14(2)21(4)20-13)5-6-18(24)23-9-7-22(8-10-23)12-16-11-19-25-15(16)3/h11H,5-10,12H2,1-4H3. The van der Waals surface area contributed by atoms with Crippen LogP contribution in [0.15, 0.2) is 10.7 Å². The average molecular weight is 345 g/mol. The molecule has 25 heavy (non-hydrogen) atoms. The molecule has 0 atom stereocenters. The van der Waals surface area contributed by atoms with Crippen molar-refractivity contribution in [1.29, 1.82) is 0 Å². The summed E-state index contributed by atoms with van der Waals surface area (Å²) >= 11 is 0. The zero-order chi connectivity index (χ0) is 18.0. The largest absolute Gasteiger partial charge is 0.361 e. The summed E-state index contributed by atoms with van der Waals surface area (Å²) in [5.41, 5.74) is 4.51. The lowest BCUT2D eigenvalue weighted by Crippen LogP contribution is -2.48. The quantitative estimate of drug-likeness (QED) is 0.824. The molecule has 1 amide bonds. The number of hydrogen-bond acceptors (Lipinski definition) is 5. The summed E-state index contributed by atoms with van der Waals surface area (Å²) in [5.74, 6) is 1.11. The summed E-state index contributed by atoms with van der Waals surface area (Å²) in [6.07, 6.45) is 3.11. The van der Waals surface area contributed by atoms with Gasteiger partial charge in [0, 0.05) is 57.4 Å². The van der Waals surface area contributed by atoms with E-state index in [0.717, 1.165) is 61.9 Å². The Morgan fingerprint density at radius 3 is 2.48 bits per heavy atom. The number of aryl methyl sites for hydroxylation is 3. The Bertz CT molecular complexity index is 741. The highest BCUT2D eigenvalue weighted by molar-refractivity contribution is 5.76. The molecular formula is C18H27N5O2. The highest BCUT2D eigenvalue weighted by Crippen LogP contribution is 2.16. The fourth-order valence-corrected chi connectivity index (χ4v) is 3.44. The summed E-state index contributed by atoms with van der Waals surface area (Å²) < 4.78 is 7.00. The molecule has 0 spiro atoms. The highest BCUT2D eigenvalue weighted by atomic mass is 16.5. The summed E-state index contributed by atoms with van der Waals surface area (Å²) in [6, 6.07) is 0. The molecule has 136 valence electrons. The van der Waals surface area contributed by atoms with Gasteiger partial charge in [-0.1, -0.05) is 5.16 Å². The van der Waals surface area contributed by atoms with E-state index in [2.05, 4.69) is 22.1 Å². The first kappa shape index (κ1) is 17.7. The SMILES string of the molecule is Cc1nn(C)c(C)c1CCC(=O)N1CCN(Cc2cnoc2C)CC1. The monoisotopic (exact) mass is 345 g/mol. The van der Waals surface area contributed by atoms with Crippen LogP contribution in [0.3, 0.4) is 0 Å². The maximum atomic E-state index is 12.5. The summed E-state index contributed by atoms with van der Waals surface area (Å²) in [4.78, 5) is 16.9. The van der Waals surface area contributed by atoms with Gasteiger partial charge in [-0.25, -0.2) is 0 Å². The number of aromatic nitrogens is 3. The van der Waals surface area contributed by atoms with Crippen LogP contribution in [0.5, 0.6) is 0 Å². The van der Waals surface area contributed by atoms with E-state index in [1.807, 2.05) is 30.5 Å². The van der Waals surface area contributed by atoms with E-state index in [1.54, 1.807) is 6.20 Å². The van der Waals surface area contributed by atoms with Crippen LogP contribution in [0.25, 0.3) is 0 Å². The van der Waals surface area contributed by atoms with E-state index < -0.39 is 0 Å². The predicted molar refractivity (Wildman–Crippen MR) is 94.1 cm³/mol. The smallest absolute Gasteiger partial charge is 0.222 e. The molecule has 3 rings (SSSR count). The highest BCUT2D eigenvalue weighted by Gasteiger charge is 2.22. The van der Waals surface area contributed by atoms with Crippen LogP contribution in [0.4, 0.5) is 0 Å². The number of carbonyl (C=O) groups is 1. The number of piperazine rings is 1. The first-order valence-electron chi connectivity index (χ1n) is 8.85. The Labute approximate surface area is 148 Å². The first-order valence-corrected chi connectivity index (χ1v) is 8.85. The molecule has 0 aliphatic carbocycles. The minimum atomic E-state index is 0.239. The summed E-state index contributed by atoms with van der Waals surface area (Å²) in [5, 5.41) is 8.25. The van der Waals surface area contributed by atoms with Gasteiger partial charge >= 0.3 is 0 Å². The zero-order valence-corrected chi connectivity index (χ0v) is 15.6. The predicted octanol–water partition coefficient (Wildman–Crippen LogP) is 1.61. The van der Waals surface area contributed by atoms with Gasteiger partial charge in [0.2, 0.25) is 5.91 Å². The van der Waals surface area contributed by atoms with Crippen molar-refractivity contribution in [2.45, 2.75) is 40.2 Å². The number of rotatable bonds is 5. The Kier molecular flexibility index (Phi) is 5.22. The molecule has 0 saturated carbocycles. The molecule has 0 radical (unpaired) electrons. The molecule has 2 aromatic rings. The van der Waals surface area contributed by atoms with Crippen molar-refractivity contribution < 1.29 is 9.32 Å². The third kappa shape index (κ3) is 3.92. The van der Waals surface area contributed by atoms with E-state index in [4.69, 9.17) is 4.52 Å². The average Bonchev–Trinajstić information content (AvgIpc) is 3.10. The summed E-state index contributed by atoms with van der Waals surface area (Å²) in [7, 11) is 1.95. The molecule has 0 N–H and O–H groups in total. The second-order valence-corrected chi connectivity index (χ2v) is 6.84. The summed E-state index contributed by atoms with van der Waals surface area (Å²) in [6.45, 7) is 10.2. The molecule has 1 aliphatic rings. The fraction of sp³-hybridized carbons (Fsp3) is 0.611. The molecule has 1 saturated heterocycles. The number of carbonyl (C=O) groups excluding carboxylic acids is 1. The Morgan fingerprint density at radius 1 is 1.20 bits per heavy atom. The Hall–Kier alpha value is -2.15. The van der Waals surface area contributed by atoms with Crippen molar-refractivity contribution in [2.75, 3.05) is 26.2 Å². The lowest BCUT2D eigenvalue weighted by Gasteiger charge is -2.34. The van der Waals surface area contributed by atoms with Gasteiger partial charge < -0.3 is 9.42 Å². The second-order valence-electron chi connectivity index (χ2n) is 6.84. The van der Waals surface area contributed by atoms with Gasteiger partial charge in [0.15, 0.2) is 0 Å². The Morgan fingerprint density at radius 2 is 1.92 bits per heavy atom. The van der Waals surface area contributed by atoms with Crippen molar-refractivity contribution in [2.24, 2.45) is 7.05 Å². The van der Waals surface area contributed by atoms with Crippen LogP contribution in [-0.4, -0.2) is 56.8 Å². The minimum Gasteiger partial charge on any atom is -0.361 e. The molecule has 2 aromatic heterocycles. The fourth-order valence-electron chi connectivity index (χ4n) is 3.44. The number of amides is 1. The van der Waals surface area contributed by atoms with E-state index in [-0.39, 0.29) is 5.91 Å². The lowest BCUT2D eigenvalue weighted by molar-refractivity contribution is -0.133. The maximum Gasteiger partial charge on any atom is 0.222 e. The van der Waals surface area contributed by atoms with Gasteiger partial charge in [-0.05, 0) is 32.8 Å². The van der Waals surface area contributed by atoms with Crippen LogP contribution in [-0.2, 0) is 24.8 Å². The minimum absolute atomic E-state index is 0.239. The molecule has 0 bridgehead atoms. The van der Waals surface area contributed by atoms with Crippen LogP contribution in [0.1, 0.15) is 34.7 Å². The maximum absolute atomic E-state index is 12.5. The van der Waals surface area contributed by atoms with E-state index in [1.165, 1.54) is 5.56 Å². The molecule has 7 heteroatoms. The Balaban J connectivity index is 1.47. The van der Waals surface area contributed by atoms with Crippen LogP contribution < -0.4 is 0 Å². The third-order valence-corrected chi connectivity index (χ3v) is 5.22. The van der Waals surface area contributed by atoms with Crippen molar-refractivity contribution in [1.82, 2.24) is 24.7 Å². The van der Waals surface area contributed by atoms with Gasteiger partial charge in [-0.3, -0.25) is 14.4 Å². The molecule has 0 aromatic carbocycles. The van der Waals surface area contributed by atoms with Gasteiger partial charge in [-0.2, -0.15) is 5.10 Å². The number of hydrogen-bond donors (Lipinski definition) is 0. The molecular weight excluding hydrogens is 318 g/mol. The van der Waals surface area contributed by atoms with E-state index in [0.29, 0.717) is 6.42 Å². The van der Waals surface area contributed by atoms with Gasteiger partial charge in [0.25, 0.3) is 0 Å². The molecule has 7 nitrogen and oxygen atoms in total. The van der Waals surface area contributed by atoms with Gasteiger partial charge in [0.05, 0.1) is 11.9 Å². The van der Waals surface area contributed by atoms with Crippen molar-refractivity contribution in [3.63, 3.8) is 0 Å². The first-order chi connectivity index (χ1) is 12.0. The van der Waals surface area contributed by atoms with Crippen molar-refractivity contribution in [3.05, 3.63) is 34.5 Å². The van der Waals surface area contributed by atoms with E-state index in [9.17, 15) is 4.79 Å². The topological polar surface area (TPSA) is 67.4 Å². The molecule has 1 aliphatic heterocycles. The van der Waals surface area contributed by atoms with Crippen LogP contribution in [0.2, 0.25) is 0 Å². The number of nitrogens with zero attached hydrogens (tertiary/aromatic N) is 5. The van der Waals surface area contributed by atoms with Gasteiger partial charge in [-0.15, -0.1) is 0 Å². The van der Waals surface area contributed by atoms with Crippen molar-refractivity contribution in [3.8, 4) is 0 Å². The molecule has 0 unspecified atom stereocenters. The molecule has 3 heterocycles. The van der Waals surface area contributed by atoms with Crippen LogP contribution in [0, 0.1) is 20.8 Å². The van der Waals surface area contributed by atoms with Crippen LogP contribution >= 0.6 is 0 Å². The third-order valence-electron chi connectivity index (χ3n) is 5.22. The second kappa shape index (κ2) is 7.39. The van der Waals surface area contributed by atoms with E-state index >= 15 is 0 Å². The van der Waals surface area contributed by atoms with Gasteiger partial charge in [0.1, 0.15) is 5.76 Å². The molecule has 1 fully saturated rings. The zero-order valence-electron chi connectivity index (χ0n) is 15.6. The lowest BCUT2D eigenvalue weighted by atomic mass is 10.1. The normalized spacial score (nSPS) is 15.8. The van der Waals surface area contributed by atoms with Crippen molar-refractivity contribution >= 4 is 5.91 Å².